The van der Waals surface area contributed by atoms with E-state index < -0.39 is 16.1 Å². The number of carbonyl (C=O) groups excluding carboxylic acids is 1. The average molecular weight is 611 g/mol. The van der Waals surface area contributed by atoms with E-state index in [2.05, 4.69) is 10.1 Å². The quantitative estimate of drug-likeness (QED) is 0.285. The third-order valence-corrected chi connectivity index (χ3v) is 10.2. The van der Waals surface area contributed by atoms with Gasteiger partial charge in [-0.25, -0.2) is 18.1 Å². The highest BCUT2D eigenvalue weighted by Gasteiger charge is 2.37. The third-order valence-electron chi connectivity index (χ3n) is 6.39. The summed E-state index contributed by atoms with van der Waals surface area (Å²) >= 11 is 19.6. The lowest BCUT2D eigenvalue weighted by molar-refractivity contribution is 0.0641. The summed E-state index contributed by atoms with van der Waals surface area (Å²) in [5, 5.41) is 8.01. The number of hydrogen-bond acceptors (Lipinski definition) is 6. The fourth-order valence-corrected chi connectivity index (χ4v) is 7.70. The van der Waals surface area contributed by atoms with Gasteiger partial charge in [0.2, 0.25) is 15.2 Å². The van der Waals surface area contributed by atoms with Gasteiger partial charge in [0.25, 0.3) is 5.91 Å². The number of sulfonamides is 1. The first-order chi connectivity index (χ1) is 18.1. The number of carbonyl (C=O) groups is 1. The second-order valence-electron chi connectivity index (χ2n) is 8.87. The Hall–Kier alpha value is -2.47. The molecule has 1 fully saturated rings. The van der Waals surface area contributed by atoms with Crippen molar-refractivity contribution in [2.24, 2.45) is 0 Å². The van der Waals surface area contributed by atoms with Crippen LogP contribution in [0, 0.1) is 6.92 Å². The van der Waals surface area contributed by atoms with E-state index in [1.165, 1.54) is 40.0 Å². The predicted molar refractivity (Wildman–Crippen MR) is 150 cm³/mol. The highest BCUT2D eigenvalue weighted by molar-refractivity contribution is 7.89. The molecular weight excluding hydrogens is 589 g/mol. The Morgan fingerprint density at radius 1 is 1.05 bits per heavy atom. The average Bonchev–Trinajstić information content (AvgIpc) is 3.52. The van der Waals surface area contributed by atoms with Crippen LogP contribution >= 0.6 is 46.1 Å². The van der Waals surface area contributed by atoms with E-state index in [0.717, 1.165) is 11.3 Å². The molecule has 198 valence electrons. The van der Waals surface area contributed by atoms with Crippen molar-refractivity contribution in [1.29, 1.82) is 0 Å². The monoisotopic (exact) mass is 609 g/mol. The van der Waals surface area contributed by atoms with Gasteiger partial charge in [0.15, 0.2) is 0 Å². The first-order valence-corrected chi connectivity index (χ1v) is 15.0. The minimum absolute atomic E-state index is 0.0446. The van der Waals surface area contributed by atoms with Gasteiger partial charge < -0.3 is 4.90 Å². The van der Waals surface area contributed by atoms with Gasteiger partial charge in [0.05, 0.1) is 28.2 Å². The van der Waals surface area contributed by atoms with E-state index in [-0.39, 0.29) is 40.5 Å². The van der Waals surface area contributed by atoms with Gasteiger partial charge in [-0.05, 0) is 44.2 Å². The molecule has 0 saturated carbocycles. The topological polar surface area (TPSA) is 88.4 Å². The summed E-state index contributed by atoms with van der Waals surface area (Å²) in [6.07, 6.45) is 1.53. The molecule has 0 N–H and O–H groups in total. The number of benzene rings is 2. The van der Waals surface area contributed by atoms with Gasteiger partial charge in [-0.2, -0.15) is 9.40 Å². The van der Waals surface area contributed by atoms with Crippen LogP contribution in [0.5, 0.6) is 0 Å². The molecule has 2 aromatic carbocycles. The third kappa shape index (κ3) is 5.09. The lowest BCUT2D eigenvalue weighted by Crippen LogP contribution is -2.55. The summed E-state index contributed by atoms with van der Waals surface area (Å²) in [4.78, 5) is 19.7. The predicted octanol–water partition coefficient (Wildman–Crippen LogP) is 5.80. The summed E-state index contributed by atoms with van der Waals surface area (Å²) in [5.41, 5.74) is 2.81. The smallest absolute Gasteiger partial charge is 0.257 e. The minimum atomic E-state index is -3.89. The summed E-state index contributed by atoms with van der Waals surface area (Å²) in [6, 6.07) is 11.3. The second-order valence-corrected chi connectivity index (χ2v) is 12.8. The van der Waals surface area contributed by atoms with E-state index in [1.807, 2.05) is 24.4 Å². The Morgan fingerprint density at radius 3 is 2.47 bits per heavy atom. The van der Waals surface area contributed by atoms with E-state index in [1.54, 1.807) is 28.6 Å². The van der Waals surface area contributed by atoms with E-state index in [0.29, 0.717) is 21.4 Å². The van der Waals surface area contributed by atoms with Crippen LogP contribution in [0.1, 0.15) is 23.0 Å². The van der Waals surface area contributed by atoms with E-state index >= 15 is 0 Å². The molecule has 1 atom stereocenters. The standard InChI is InChI=1S/C25H22Cl3N5O3S2/c1-15-13-31(9-10-32(15)38(35,36)23-11-19(27)7-8-21(23)28)24(34)20-12-29-33(16(20)2)25-30-22(14-37-25)17-3-5-18(26)6-4-17/h3-8,11-12,14-15H,9-10,13H2,1-2H3. The van der Waals surface area contributed by atoms with Crippen molar-refractivity contribution in [1.82, 2.24) is 24.0 Å². The molecular formula is C25H22Cl3N5O3S2. The van der Waals surface area contributed by atoms with Gasteiger partial charge in [0, 0.05) is 46.7 Å². The Morgan fingerprint density at radius 2 is 1.76 bits per heavy atom. The molecule has 1 saturated heterocycles. The number of amides is 1. The number of thiazole rings is 1. The maximum Gasteiger partial charge on any atom is 0.257 e. The van der Waals surface area contributed by atoms with Crippen molar-refractivity contribution in [3.05, 3.63) is 80.4 Å². The zero-order chi connectivity index (χ0) is 27.2. The Balaban J connectivity index is 1.32. The molecule has 0 aliphatic carbocycles. The van der Waals surface area contributed by atoms with Gasteiger partial charge in [-0.1, -0.05) is 46.9 Å². The molecule has 5 rings (SSSR count). The number of piperazine rings is 1. The molecule has 38 heavy (non-hydrogen) atoms. The van der Waals surface area contributed by atoms with Crippen LogP contribution in [0.2, 0.25) is 15.1 Å². The van der Waals surface area contributed by atoms with Crippen LogP contribution in [-0.4, -0.2) is 64.0 Å². The molecule has 1 aliphatic heterocycles. The largest absolute Gasteiger partial charge is 0.336 e. The zero-order valence-electron chi connectivity index (χ0n) is 20.3. The SMILES string of the molecule is Cc1c(C(=O)N2CCN(S(=O)(=O)c3cc(Cl)ccc3Cl)C(C)C2)cnn1-c1nc(-c2ccc(Cl)cc2)cs1. The first-order valence-electron chi connectivity index (χ1n) is 11.6. The maximum atomic E-state index is 13.4. The van der Waals surface area contributed by atoms with Gasteiger partial charge >= 0.3 is 0 Å². The molecule has 8 nitrogen and oxygen atoms in total. The van der Waals surface area contributed by atoms with Gasteiger partial charge in [0.1, 0.15) is 4.90 Å². The van der Waals surface area contributed by atoms with Gasteiger partial charge in [-0.3, -0.25) is 4.79 Å². The summed E-state index contributed by atoms with van der Waals surface area (Å²) in [5.74, 6) is -0.215. The second kappa shape index (κ2) is 10.6. The van der Waals surface area contributed by atoms with Gasteiger partial charge in [-0.15, -0.1) is 11.3 Å². The first kappa shape index (κ1) is 27.1. The van der Waals surface area contributed by atoms with Crippen molar-refractivity contribution in [3.8, 4) is 16.4 Å². The highest BCUT2D eigenvalue weighted by Crippen LogP contribution is 2.31. The van der Waals surface area contributed by atoms with Crippen LogP contribution in [0.4, 0.5) is 0 Å². The van der Waals surface area contributed by atoms with Crippen molar-refractivity contribution in [2.45, 2.75) is 24.8 Å². The molecule has 13 heteroatoms. The lowest BCUT2D eigenvalue weighted by Gasteiger charge is -2.39. The van der Waals surface area contributed by atoms with Crippen molar-refractivity contribution in [2.75, 3.05) is 19.6 Å². The Labute approximate surface area is 239 Å². The molecule has 0 radical (unpaired) electrons. The molecule has 3 heterocycles. The molecule has 0 spiro atoms. The highest BCUT2D eigenvalue weighted by atomic mass is 35.5. The van der Waals surface area contributed by atoms with Crippen LogP contribution in [0.3, 0.4) is 0 Å². The van der Waals surface area contributed by atoms with Crippen LogP contribution in [0.25, 0.3) is 16.4 Å². The normalized spacial score (nSPS) is 16.7. The molecule has 1 amide bonds. The molecule has 4 aromatic rings. The summed E-state index contributed by atoms with van der Waals surface area (Å²) in [6.45, 7) is 4.15. The fourth-order valence-electron chi connectivity index (χ4n) is 4.38. The summed E-state index contributed by atoms with van der Waals surface area (Å²) < 4.78 is 29.6. The number of nitrogens with zero attached hydrogens (tertiary/aromatic N) is 5. The Kier molecular flexibility index (Phi) is 7.56. The summed E-state index contributed by atoms with van der Waals surface area (Å²) in [7, 11) is -3.89. The van der Waals surface area contributed by atoms with Crippen LogP contribution < -0.4 is 0 Å². The number of rotatable bonds is 5. The molecule has 2 aromatic heterocycles. The number of halogens is 3. The van der Waals surface area contributed by atoms with E-state index in [9.17, 15) is 13.2 Å². The molecule has 1 aliphatic rings. The van der Waals surface area contributed by atoms with Crippen LogP contribution in [0.15, 0.2) is 58.9 Å². The molecule has 1 unspecified atom stereocenters. The minimum Gasteiger partial charge on any atom is -0.336 e. The fraction of sp³-hybridized carbons (Fsp3) is 0.240. The number of aromatic nitrogens is 3. The van der Waals surface area contributed by atoms with Crippen molar-refractivity contribution >= 4 is 62.1 Å². The number of hydrogen-bond donors (Lipinski definition) is 0. The zero-order valence-corrected chi connectivity index (χ0v) is 24.2. The Bertz CT molecular complexity index is 1620. The van der Waals surface area contributed by atoms with Crippen LogP contribution in [-0.2, 0) is 10.0 Å². The lowest BCUT2D eigenvalue weighted by atomic mass is 10.2. The van der Waals surface area contributed by atoms with Crippen molar-refractivity contribution < 1.29 is 13.2 Å². The van der Waals surface area contributed by atoms with Crippen molar-refractivity contribution in [3.63, 3.8) is 0 Å². The maximum absolute atomic E-state index is 13.4. The molecule has 0 bridgehead atoms. The van der Waals surface area contributed by atoms with E-state index in [4.69, 9.17) is 34.8 Å².